The molecule has 1 saturated carbocycles. The summed E-state index contributed by atoms with van der Waals surface area (Å²) < 4.78 is 5.02. The Labute approximate surface area is 100 Å². The van der Waals surface area contributed by atoms with Crippen molar-refractivity contribution in [2.24, 2.45) is 11.1 Å². The zero-order valence-corrected chi connectivity index (χ0v) is 11.1. The highest BCUT2D eigenvalue weighted by Gasteiger charge is 2.30. The van der Waals surface area contributed by atoms with E-state index in [9.17, 15) is 0 Å². The highest BCUT2D eigenvalue weighted by molar-refractivity contribution is 4.87. The highest BCUT2D eigenvalue weighted by atomic mass is 16.5. The second-order valence-corrected chi connectivity index (χ2v) is 5.91. The summed E-state index contributed by atoms with van der Waals surface area (Å²) in [5.41, 5.74) is 6.57. The Morgan fingerprint density at radius 3 is 2.81 bits per heavy atom. The molecule has 0 heterocycles. The molecule has 0 aliphatic heterocycles. The lowest BCUT2D eigenvalue weighted by molar-refractivity contribution is 0.190. The van der Waals surface area contributed by atoms with E-state index in [-0.39, 0.29) is 6.04 Å². The van der Waals surface area contributed by atoms with Crippen molar-refractivity contribution in [1.82, 2.24) is 5.32 Å². The molecule has 3 N–H and O–H groups in total. The van der Waals surface area contributed by atoms with Gasteiger partial charge < -0.3 is 15.8 Å². The lowest BCUT2D eigenvalue weighted by Crippen LogP contribution is -2.39. The summed E-state index contributed by atoms with van der Waals surface area (Å²) in [5.74, 6) is 0. The molecule has 0 bridgehead atoms. The van der Waals surface area contributed by atoms with Crippen LogP contribution in [0, 0.1) is 5.41 Å². The van der Waals surface area contributed by atoms with E-state index >= 15 is 0 Å². The Balaban J connectivity index is 2.06. The Morgan fingerprint density at radius 1 is 1.50 bits per heavy atom. The average molecular weight is 228 g/mol. The molecular formula is C13H28N2O. The zero-order valence-electron chi connectivity index (χ0n) is 11.1. The van der Waals surface area contributed by atoms with E-state index in [2.05, 4.69) is 19.2 Å². The molecule has 96 valence electrons. The Hall–Kier alpha value is -0.120. The molecule has 16 heavy (non-hydrogen) atoms. The summed E-state index contributed by atoms with van der Waals surface area (Å²) in [6, 6.07) is 0.960. The van der Waals surface area contributed by atoms with E-state index in [1.54, 1.807) is 7.11 Å². The molecule has 3 heteroatoms. The normalized spacial score (nSPS) is 25.9. The van der Waals surface area contributed by atoms with E-state index in [1.165, 1.54) is 19.3 Å². The molecule has 0 radical (unpaired) electrons. The van der Waals surface area contributed by atoms with E-state index in [1.807, 2.05) is 0 Å². The molecule has 0 aromatic carbocycles. The quantitative estimate of drug-likeness (QED) is 0.654. The highest BCUT2D eigenvalue weighted by Crippen LogP contribution is 2.36. The van der Waals surface area contributed by atoms with Crippen molar-refractivity contribution >= 4 is 0 Å². The van der Waals surface area contributed by atoms with Crippen LogP contribution in [-0.2, 0) is 4.74 Å². The van der Waals surface area contributed by atoms with Gasteiger partial charge in [-0.3, -0.25) is 0 Å². The van der Waals surface area contributed by atoms with Crippen molar-refractivity contribution in [2.75, 3.05) is 20.3 Å². The Bertz CT molecular complexity index is 194. The van der Waals surface area contributed by atoms with Gasteiger partial charge in [0.15, 0.2) is 0 Å². The third-order valence-electron chi connectivity index (χ3n) is 3.56. The topological polar surface area (TPSA) is 47.3 Å². The van der Waals surface area contributed by atoms with Crippen molar-refractivity contribution in [2.45, 2.75) is 58.0 Å². The fraction of sp³-hybridized carbons (Fsp3) is 1.00. The van der Waals surface area contributed by atoms with Gasteiger partial charge in [-0.05, 0) is 37.5 Å². The van der Waals surface area contributed by atoms with E-state index in [0.29, 0.717) is 11.5 Å². The van der Waals surface area contributed by atoms with Gasteiger partial charge in [0.1, 0.15) is 0 Å². The number of nitrogens with one attached hydrogen (secondary N) is 1. The van der Waals surface area contributed by atoms with Gasteiger partial charge in [-0.25, -0.2) is 0 Å². The van der Waals surface area contributed by atoms with Crippen LogP contribution in [0.4, 0.5) is 0 Å². The van der Waals surface area contributed by atoms with Gasteiger partial charge in [0.05, 0.1) is 0 Å². The lowest BCUT2D eigenvalue weighted by atomic mass is 9.92. The van der Waals surface area contributed by atoms with Gasteiger partial charge in [0.2, 0.25) is 0 Å². The molecule has 1 fully saturated rings. The van der Waals surface area contributed by atoms with E-state index in [0.717, 1.165) is 26.0 Å². The number of methoxy groups -OCH3 is 1. The van der Waals surface area contributed by atoms with Crippen molar-refractivity contribution in [3.05, 3.63) is 0 Å². The van der Waals surface area contributed by atoms with Crippen molar-refractivity contribution < 1.29 is 4.74 Å². The summed E-state index contributed by atoms with van der Waals surface area (Å²) in [4.78, 5) is 0. The number of hydrogen-bond donors (Lipinski definition) is 2. The number of hydrogen-bond acceptors (Lipinski definition) is 3. The van der Waals surface area contributed by atoms with Gasteiger partial charge in [-0.1, -0.05) is 13.8 Å². The van der Waals surface area contributed by atoms with Crippen LogP contribution in [0.1, 0.15) is 46.0 Å². The largest absolute Gasteiger partial charge is 0.385 e. The minimum absolute atomic E-state index is 0.277. The zero-order chi connectivity index (χ0) is 12.0. The van der Waals surface area contributed by atoms with Crippen LogP contribution in [0.15, 0.2) is 0 Å². The van der Waals surface area contributed by atoms with Crippen LogP contribution >= 0.6 is 0 Å². The molecule has 0 saturated heterocycles. The van der Waals surface area contributed by atoms with E-state index < -0.39 is 0 Å². The van der Waals surface area contributed by atoms with Crippen LogP contribution in [0.2, 0.25) is 0 Å². The summed E-state index contributed by atoms with van der Waals surface area (Å²) in [6.07, 6.45) is 6.05. The van der Waals surface area contributed by atoms with Crippen LogP contribution < -0.4 is 11.1 Å². The Kier molecular flexibility index (Phi) is 5.73. The van der Waals surface area contributed by atoms with Crippen LogP contribution in [-0.4, -0.2) is 32.3 Å². The molecule has 0 aromatic heterocycles. The van der Waals surface area contributed by atoms with Crippen molar-refractivity contribution in [1.29, 1.82) is 0 Å². The lowest BCUT2D eigenvalue weighted by Gasteiger charge is -2.19. The van der Waals surface area contributed by atoms with Gasteiger partial charge in [0.25, 0.3) is 0 Å². The smallest absolute Gasteiger partial charge is 0.0462 e. The third kappa shape index (κ3) is 5.28. The molecule has 1 rings (SSSR count). The minimum Gasteiger partial charge on any atom is -0.385 e. The maximum absolute atomic E-state index is 6.04. The van der Waals surface area contributed by atoms with E-state index in [4.69, 9.17) is 10.5 Å². The number of rotatable bonds is 7. The van der Waals surface area contributed by atoms with Crippen molar-refractivity contribution in [3.8, 4) is 0 Å². The fourth-order valence-corrected chi connectivity index (χ4v) is 2.52. The first kappa shape index (κ1) is 13.9. The SMILES string of the molecule is COCCCC(N)CNC1CCC(C)(C)C1. The fourth-order valence-electron chi connectivity index (χ4n) is 2.52. The van der Waals surface area contributed by atoms with Crippen LogP contribution in [0.3, 0.4) is 0 Å². The maximum Gasteiger partial charge on any atom is 0.0462 e. The van der Waals surface area contributed by atoms with Gasteiger partial charge in [-0.2, -0.15) is 0 Å². The molecular weight excluding hydrogens is 200 g/mol. The molecule has 0 aromatic rings. The van der Waals surface area contributed by atoms with Gasteiger partial charge in [0, 0.05) is 32.3 Å². The first-order valence-electron chi connectivity index (χ1n) is 6.51. The summed E-state index contributed by atoms with van der Waals surface area (Å²) in [5, 5.41) is 3.60. The van der Waals surface area contributed by atoms with Crippen molar-refractivity contribution in [3.63, 3.8) is 0 Å². The first-order chi connectivity index (χ1) is 7.53. The summed E-state index contributed by atoms with van der Waals surface area (Å²) in [7, 11) is 1.74. The monoisotopic (exact) mass is 228 g/mol. The standard InChI is InChI=1S/C13H28N2O/c1-13(2)7-6-12(9-13)15-10-11(14)5-4-8-16-3/h11-12,15H,4-10,14H2,1-3H3. The average Bonchev–Trinajstić information content (AvgIpc) is 2.56. The number of nitrogens with two attached hydrogens (primary N) is 1. The second kappa shape index (κ2) is 6.58. The molecule has 1 aliphatic rings. The minimum atomic E-state index is 0.277. The molecule has 0 amide bonds. The molecule has 2 atom stereocenters. The maximum atomic E-state index is 6.04. The molecule has 0 spiro atoms. The second-order valence-electron chi connectivity index (χ2n) is 5.91. The molecule has 1 aliphatic carbocycles. The predicted octanol–water partition coefficient (Wildman–Crippen LogP) is 1.91. The molecule has 2 unspecified atom stereocenters. The summed E-state index contributed by atoms with van der Waals surface area (Å²) in [6.45, 7) is 6.48. The Morgan fingerprint density at radius 2 is 2.25 bits per heavy atom. The van der Waals surface area contributed by atoms with Crippen LogP contribution in [0.25, 0.3) is 0 Å². The van der Waals surface area contributed by atoms with Crippen LogP contribution in [0.5, 0.6) is 0 Å². The van der Waals surface area contributed by atoms with Gasteiger partial charge >= 0.3 is 0 Å². The van der Waals surface area contributed by atoms with Gasteiger partial charge in [-0.15, -0.1) is 0 Å². The predicted molar refractivity (Wildman–Crippen MR) is 68.5 cm³/mol. The first-order valence-corrected chi connectivity index (χ1v) is 6.51. The third-order valence-corrected chi connectivity index (χ3v) is 3.56. The molecule has 3 nitrogen and oxygen atoms in total. The number of ether oxygens (including phenoxy) is 1. The summed E-state index contributed by atoms with van der Waals surface area (Å²) >= 11 is 0.